The number of hydrogen-bond donors (Lipinski definition) is 1. The minimum atomic E-state index is -0.227. The van der Waals surface area contributed by atoms with Gasteiger partial charge in [-0.25, -0.2) is 9.97 Å². The van der Waals surface area contributed by atoms with Gasteiger partial charge < -0.3 is 10.2 Å². The number of carbonyl (C=O) groups excluding carboxylic acids is 1. The van der Waals surface area contributed by atoms with E-state index in [0.717, 1.165) is 13.1 Å². The van der Waals surface area contributed by atoms with Crippen LogP contribution in [0.2, 0.25) is 5.02 Å². The zero-order valence-corrected chi connectivity index (χ0v) is 12.2. The van der Waals surface area contributed by atoms with Crippen molar-refractivity contribution in [2.24, 2.45) is 0 Å². The maximum atomic E-state index is 12.1. The summed E-state index contributed by atoms with van der Waals surface area (Å²) in [6.07, 6.45) is 5.61. The molecule has 1 aromatic carbocycles. The Balaban J connectivity index is 1.68. The summed E-state index contributed by atoms with van der Waals surface area (Å²) in [6.45, 7) is 1.99. The summed E-state index contributed by atoms with van der Waals surface area (Å²) >= 11 is 5.88. The summed E-state index contributed by atoms with van der Waals surface area (Å²) in [5, 5.41) is 3.29. The first kappa shape index (κ1) is 13.8. The minimum absolute atomic E-state index is 0.227. The van der Waals surface area contributed by atoms with Gasteiger partial charge in [0.25, 0.3) is 5.91 Å². The number of benzene rings is 1. The van der Waals surface area contributed by atoms with Crippen LogP contribution in [0.5, 0.6) is 0 Å². The fourth-order valence-electron chi connectivity index (χ4n) is 2.30. The van der Waals surface area contributed by atoms with Crippen molar-refractivity contribution in [1.29, 1.82) is 0 Å². The highest BCUT2D eigenvalue weighted by atomic mass is 35.5. The fraction of sp³-hybridized carbons (Fsp3) is 0.267. The summed E-state index contributed by atoms with van der Waals surface area (Å²) in [5.74, 6) is 0.489. The van der Waals surface area contributed by atoms with Gasteiger partial charge in [-0.1, -0.05) is 17.7 Å². The van der Waals surface area contributed by atoms with Crippen molar-refractivity contribution in [3.8, 4) is 0 Å². The van der Waals surface area contributed by atoms with Gasteiger partial charge in [-0.2, -0.15) is 0 Å². The van der Waals surface area contributed by atoms with E-state index in [-0.39, 0.29) is 5.91 Å². The van der Waals surface area contributed by atoms with Crippen LogP contribution in [0, 0.1) is 0 Å². The number of amides is 1. The van der Waals surface area contributed by atoms with Gasteiger partial charge in [-0.15, -0.1) is 0 Å². The van der Waals surface area contributed by atoms with E-state index in [1.54, 1.807) is 36.7 Å². The summed E-state index contributed by atoms with van der Waals surface area (Å²) in [7, 11) is 0. The first-order valence-electron chi connectivity index (χ1n) is 6.86. The van der Waals surface area contributed by atoms with Gasteiger partial charge in [0.1, 0.15) is 0 Å². The van der Waals surface area contributed by atoms with Gasteiger partial charge in [-0.05, 0) is 31.0 Å². The Hall–Kier alpha value is -2.14. The first-order chi connectivity index (χ1) is 10.2. The molecule has 1 saturated heterocycles. The number of hydrogen-bond acceptors (Lipinski definition) is 4. The molecule has 3 rings (SSSR count). The second-order valence-electron chi connectivity index (χ2n) is 4.93. The molecule has 1 aliphatic heterocycles. The number of rotatable bonds is 3. The van der Waals surface area contributed by atoms with E-state index < -0.39 is 0 Å². The maximum Gasteiger partial charge on any atom is 0.255 e. The molecule has 1 aliphatic rings. The lowest BCUT2D eigenvalue weighted by Gasteiger charge is -2.14. The lowest BCUT2D eigenvalue weighted by molar-refractivity contribution is 0.102. The molecule has 1 amide bonds. The molecule has 108 valence electrons. The number of carbonyl (C=O) groups is 1. The van der Waals surface area contributed by atoms with Crippen LogP contribution in [-0.2, 0) is 0 Å². The van der Waals surface area contributed by atoms with Crippen LogP contribution in [0.25, 0.3) is 0 Å². The standard InChI is InChI=1S/C15H15ClN4O/c16-12-5-3-4-11(8-12)14(21)19-13-9-17-15(18-10-13)20-6-1-2-7-20/h3-5,8-10H,1-2,6-7H2,(H,19,21). The Morgan fingerprint density at radius 1 is 1.19 bits per heavy atom. The third-order valence-electron chi connectivity index (χ3n) is 3.37. The highest BCUT2D eigenvalue weighted by Gasteiger charge is 2.14. The number of halogens is 1. The van der Waals surface area contributed by atoms with Crippen molar-refractivity contribution in [1.82, 2.24) is 9.97 Å². The van der Waals surface area contributed by atoms with Crippen molar-refractivity contribution >= 4 is 29.1 Å². The van der Waals surface area contributed by atoms with E-state index in [0.29, 0.717) is 22.2 Å². The average molecular weight is 303 g/mol. The zero-order chi connectivity index (χ0) is 14.7. The van der Waals surface area contributed by atoms with E-state index in [4.69, 9.17) is 11.6 Å². The van der Waals surface area contributed by atoms with E-state index in [1.807, 2.05) is 0 Å². The van der Waals surface area contributed by atoms with Crippen LogP contribution in [0.4, 0.5) is 11.6 Å². The van der Waals surface area contributed by atoms with Gasteiger partial charge in [0.2, 0.25) is 5.95 Å². The van der Waals surface area contributed by atoms with E-state index >= 15 is 0 Å². The number of aromatic nitrogens is 2. The highest BCUT2D eigenvalue weighted by molar-refractivity contribution is 6.31. The van der Waals surface area contributed by atoms with Crippen LogP contribution in [0.15, 0.2) is 36.7 Å². The molecule has 0 atom stereocenters. The van der Waals surface area contributed by atoms with Gasteiger partial charge in [0.15, 0.2) is 0 Å². The van der Waals surface area contributed by atoms with E-state index in [1.165, 1.54) is 12.8 Å². The van der Waals surface area contributed by atoms with E-state index in [2.05, 4.69) is 20.2 Å². The molecule has 1 aromatic heterocycles. The van der Waals surface area contributed by atoms with E-state index in [9.17, 15) is 4.79 Å². The smallest absolute Gasteiger partial charge is 0.255 e. The van der Waals surface area contributed by atoms with Crippen LogP contribution in [0.1, 0.15) is 23.2 Å². The highest BCUT2D eigenvalue weighted by Crippen LogP contribution is 2.17. The Labute approximate surface area is 128 Å². The largest absolute Gasteiger partial charge is 0.341 e. The summed E-state index contributed by atoms with van der Waals surface area (Å²) in [5.41, 5.74) is 1.08. The SMILES string of the molecule is O=C(Nc1cnc(N2CCCC2)nc1)c1cccc(Cl)c1. The van der Waals surface area contributed by atoms with Crippen LogP contribution >= 0.6 is 11.6 Å². The van der Waals surface area contributed by atoms with Crippen molar-refractivity contribution < 1.29 is 4.79 Å². The van der Waals surface area contributed by atoms with Crippen LogP contribution in [0.3, 0.4) is 0 Å². The lowest BCUT2D eigenvalue weighted by Crippen LogP contribution is -2.20. The molecule has 5 nitrogen and oxygen atoms in total. The molecule has 0 aliphatic carbocycles. The molecule has 2 aromatic rings. The van der Waals surface area contributed by atoms with Gasteiger partial charge in [0, 0.05) is 23.7 Å². The van der Waals surface area contributed by atoms with Crippen molar-refractivity contribution in [2.45, 2.75) is 12.8 Å². The molecule has 21 heavy (non-hydrogen) atoms. The predicted octanol–water partition coefficient (Wildman–Crippen LogP) is 2.98. The molecule has 0 bridgehead atoms. The first-order valence-corrected chi connectivity index (χ1v) is 7.24. The summed E-state index contributed by atoms with van der Waals surface area (Å²) in [4.78, 5) is 22.8. The molecular formula is C15H15ClN4O. The topological polar surface area (TPSA) is 58.1 Å². The molecule has 2 heterocycles. The Morgan fingerprint density at radius 2 is 1.90 bits per heavy atom. The second-order valence-corrected chi connectivity index (χ2v) is 5.37. The van der Waals surface area contributed by atoms with Crippen molar-refractivity contribution in [2.75, 3.05) is 23.3 Å². The maximum absolute atomic E-state index is 12.1. The molecule has 0 radical (unpaired) electrons. The number of nitrogens with one attached hydrogen (secondary N) is 1. The van der Waals surface area contributed by atoms with Crippen molar-refractivity contribution in [3.05, 3.63) is 47.2 Å². The molecule has 1 fully saturated rings. The van der Waals surface area contributed by atoms with Crippen LogP contribution in [-0.4, -0.2) is 29.0 Å². The van der Waals surface area contributed by atoms with Gasteiger partial charge in [-0.3, -0.25) is 4.79 Å². The Morgan fingerprint density at radius 3 is 2.57 bits per heavy atom. The molecular weight excluding hydrogens is 288 g/mol. The third-order valence-corrected chi connectivity index (χ3v) is 3.61. The predicted molar refractivity (Wildman–Crippen MR) is 82.9 cm³/mol. The Bertz CT molecular complexity index is 638. The number of anilines is 2. The lowest BCUT2D eigenvalue weighted by atomic mass is 10.2. The molecule has 1 N–H and O–H groups in total. The van der Waals surface area contributed by atoms with Gasteiger partial charge in [0.05, 0.1) is 18.1 Å². The summed E-state index contributed by atoms with van der Waals surface area (Å²) < 4.78 is 0. The normalized spacial score (nSPS) is 14.2. The molecule has 0 unspecified atom stereocenters. The minimum Gasteiger partial charge on any atom is -0.341 e. The number of nitrogens with zero attached hydrogens (tertiary/aromatic N) is 3. The molecule has 0 saturated carbocycles. The fourth-order valence-corrected chi connectivity index (χ4v) is 2.49. The van der Waals surface area contributed by atoms with Gasteiger partial charge >= 0.3 is 0 Å². The average Bonchev–Trinajstić information content (AvgIpc) is 3.02. The summed E-state index contributed by atoms with van der Waals surface area (Å²) in [6, 6.07) is 6.80. The molecule has 0 spiro atoms. The van der Waals surface area contributed by atoms with Crippen molar-refractivity contribution in [3.63, 3.8) is 0 Å². The van der Waals surface area contributed by atoms with Crippen LogP contribution < -0.4 is 10.2 Å². The molecule has 6 heteroatoms. The second kappa shape index (κ2) is 6.10. The monoisotopic (exact) mass is 302 g/mol. The Kier molecular flexibility index (Phi) is 4.01. The zero-order valence-electron chi connectivity index (χ0n) is 11.4. The quantitative estimate of drug-likeness (QED) is 0.947. The third kappa shape index (κ3) is 3.31.